The molecule has 0 spiro atoms. The van der Waals surface area contributed by atoms with E-state index >= 15 is 0 Å². The summed E-state index contributed by atoms with van der Waals surface area (Å²) in [5.74, 6) is 0.183. The number of rotatable bonds is 4. The summed E-state index contributed by atoms with van der Waals surface area (Å²) in [5.41, 5.74) is 3.94. The first kappa shape index (κ1) is 16.1. The molecule has 2 heterocycles. The molecule has 0 unspecified atom stereocenters. The third-order valence-electron chi connectivity index (χ3n) is 4.36. The van der Waals surface area contributed by atoms with Gasteiger partial charge in [0.05, 0.1) is 29.9 Å². The number of morpholine rings is 1. The summed E-state index contributed by atoms with van der Waals surface area (Å²) < 4.78 is 6.01. The van der Waals surface area contributed by atoms with Gasteiger partial charge in [-0.1, -0.05) is 30.3 Å². The highest BCUT2D eigenvalue weighted by Crippen LogP contribution is 2.31. The lowest BCUT2D eigenvalue weighted by Gasteiger charge is -2.44. The minimum absolute atomic E-state index is 0.0316. The standard InChI is InChI=1S/C18H22N2O2S/c1-13-10-22-18(15-6-4-3-5-7-15)14(2)20(13)17(21)9-8-16-11-23-12-19-16/h3-7,11-14,18H,8-10H2,1-2H3/t13-,14+,18+/m1/s1. The van der Waals surface area contributed by atoms with Crippen LogP contribution in [0.3, 0.4) is 0 Å². The number of hydrogen-bond donors (Lipinski definition) is 0. The zero-order valence-corrected chi connectivity index (χ0v) is 14.3. The second-order valence-electron chi connectivity index (χ2n) is 6.04. The lowest BCUT2D eigenvalue weighted by molar-refractivity contribution is -0.153. The molecule has 0 radical (unpaired) electrons. The summed E-state index contributed by atoms with van der Waals surface area (Å²) in [5, 5.41) is 2.01. The predicted molar refractivity (Wildman–Crippen MR) is 91.3 cm³/mol. The normalized spacial score (nSPS) is 24.6. The number of aryl methyl sites for hydroxylation is 1. The number of thiazole rings is 1. The average molecular weight is 330 g/mol. The summed E-state index contributed by atoms with van der Waals surface area (Å²) in [4.78, 5) is 19.0. The van der Waals surface area contributed by atoms with Gasteiger partial charge in [0.15, 0.2) is 0 Å². The molecular formula is C18H22N2O2S. The first-order valence-electron chi connectivity index (χ1n) is 8.01. The molecule has 0 N–H and O–H groups in total. The van der Waals surface area contributed by atoms with Crippen molar-refractivity contribution in [2.45, 2.75) is 44.9 Å². The summed E-state index contributed by atoms with van der Waals surface area (Å²) in [6, 6.07) is 10.3. The Hall–Kier alpha value is -1.72. The maximum Gasteiger partial charge on any atom is 0.223 e. The fourth-order valence-corrected chi connectivity index (χ4v) is 3.82. The van der Waals surface area contributed by atoms with Gasteiger partial charge in [0.1, 0.15) is 6.10 Å². The Labute approximate surface area is 141 Å². The van der Waals surface area contributed by atoms with Gasteiger partial charge in [-0.2, -0.15) is 0 Å². The van der Waals surface area contributed by atoms with Gasteiger partial charge in [-0.25, -0.2) is 4.98 Å². The molecule has 1 aliphatic heterocycles. The highest BCUT2D eigenvalue weighted by Gasteiger charge is 2.36. The Morgan fingerprint density at radius 3 is 2.83 bits per heavy atom. The van der Waals surface area contributed by atoms with Crippen LogP contribution in [0.4, 0.5) is 0 Å². The molecule has 0 saturated carbocycles. The Morgan fingerprint density at radius 2 is 2.13 bits per heavy atom. The van der Waals surface area contributed by atoms with Crippen LogP contribution in [0, 0.1) is 0 Å². The van der Waals surface area contributed by atoms with E-state index in [1.54, 1.807) is 11.3 Å². The molecule has 0 bridgehead atoms. The van der Waals surface area contributed by atoms with Gasteiger partial charge in [0, 0.05) is 11.8 Å². The van der Waals surface area contributed by atoms with E-state index in [9.17, 15) is 4.79 Å². The van der Waals surface area contributed by atoms with Crippen LogP contribution in [0.2, 0.25) is 0 Å². The van der Waals surface area contributed by atoms with Gasteiger partial charge >= 0.3 is 0 Å². The van der Waals surface area contributed by atoms with Gasteiger partial charge in [0.25, 0.3) is 0 Å². The van der Waals surface area contributed by atoms with Crippen LogP contribution >= 0.6 is 11.3 Å². The Kier molecular flexibility index (Phi) is 5.08. The molecule has 23 heavy (non-hydrogen) atoms. The first-order valence-corrected chi connectivity index (χ1v) is 8.96. The third kappa shape index (κ3) is 3.62. The number of ether oxygens (including phenoxy) is 1. The fraction of sp³-hybridized carbons (Fsp3) is 0.444. The molecule has 1 amide bonds. The lowest BCUT2D eigenvalue weighted by atomic mass is 9.98. The number of aromatic nitrogens is 1. The molecule has 1 aliphatic rings. The second kappa shape index (κ2) is 7.23. The topological polar surface area (TPSA) is 42.4 Å². The zero-order valence-electron chi connectivity index (χ0n) is 13.5. The van der Waals surface area contributed by atoms with Crippen LogP contribution in [0.25, 0.3) is 0 Å². The highest BCUT2D eigenvalue weighted by molar-refractivity contribution is 7.07. The van der Waals surface area contributed by atoms with Gasteiger partial charge in [-0.3, -0.25) is 4.79 Å². The largest absolute Gasteiger partial charge is 0.369 e. The van der Waals surface area contributed by atoms with Crippen molar-refractivity contribution in [3.8, 4) is 0 Å². The van der Waals surface area contributed by atoms with Gasteiger partial charge in [-0.15, -0.1) is 11.3 Å². The van der Waals surface area contributed by atoms with Crippen molar-refractivity contribution in [2.75, 3.05) is 6.61 Å². The number of nitrogens with zero attached hydrogens (tertiary/aromatic N) is 2. The molecule has 0 aliphatic carbocycles. The van der Waals surface area contributed by atoms with Crippen LogP contribution in [0.1, 0.15) is 37.6 Å². The quantitative estimate of drug-likeness (QED) is 0.862. The summed E-state index contributed by atoms with van der Waals surface area (Å²) in [6.45, 7) is 4.71. The molecule has 5 heteroatoms. The number of amides is 1. The van der Waals surface area contributed by atoms with E-state index in [0.29, 0.717) is 19.4 Å². The molecular weight excluding hydrogens is 308 g/mol. The highest BCUT2D eigenvalue weighted by atomic mass is 32.1. The molecule has 1 fully saturated rings. The summed E-state index contributed by atoms with van der Waals surface area (Å²) >= 11 is 1.57. The van der Waals surface area contributed by atoms with Crippen molar-refractivity contribution in [1.29, 1.82) is 0 Å². The van der Waals surface area contributed by atoms with Crippen molar-refractivity contribution in [3.05, 3.63) is 52.5 Å². The van der Waals surface area contributed by atoms with Crippen molar-refractivity contribution in [1.82, 2.24) is 9.88 Å². The van der Waals surface area contributed by atoms with E-state index in [4.69, 9.17) is 4.74 Å². The maximum atomic E-state index is 12.7. The van der Waals surface area contributed by atoms with Crippen LogP contribution in [-0.4, -0.2) is 34.5 Å². The van der Waals surface area contributed by atoms with Crippen LogP contribution in [0.5, 0.6) is 0 Å². The number of carbonyl (C=O) groups excluding carboxylic acids is 1. The van der Waals surface area contributed by atoms with Crippen molar-refractivity contribution >= 4 is 17.2 Å². The van der Waals surface area contributed by atoms with Gasteiger partial charge in [0.2, 0.25) is 5.91 Å². The van der Waals surface area contributed by atoms with Gasteiger partial charge in [-0.05, 0) is 25.8 Å². The lowest BCUT2D eigenvalue weighted by Crippen LogP contribution is -2.53. The first-order chi connectivity index (χ1) is 11.2. The van der Waals surface area contributed by atoms with E-state index in [1.807, 2.05) is 34.0 Å². The van der Waals surface area contributed by atoms with Crippen LogP contribution in [0.15, 0.2) is 41.2 Å². The SMILES string of the molecule is C[C@@H]1CO[C@H](c2ccccc2)[C@H](C)N1C(=O)CCc1cscn1. The number of benzene rings is 1. The summed E-state index contributed by atoms with van der Waals surface area (Å²) in [7, 11) is 0. The van der Waals surface area contributed by atoms with E-state index in [2.05, 4.69) is 31.0 Å². The van der Waals surface area contributed by atoms with E-state index in [0.717, 1.165) is 11.3 Å². The zero-order chi connectivity index (χ0) is 16.2. The molecule has 1 aromatic heterocycles. The molecule has 3 atom stereocenters. The minimum Gasteiger partial charge on any atom is -0.369 e. The molecule has 122 valence electrons. The Bertz CT molecular complexity index is 630. The molecule has 2 aromatic rings. The van der Waals surface area contributed by atoms with Crippen molar-refractivity contribution in [2.24, 2.45) is 0 Å². The summed E-state index contributed by atoms with van der Waals surface area (Å²) in [6.07, 6.45) is 1.14. The fourth-order valence-electron chi connectivity index (χ4n) is 3.23. The van der Waals surface area contributed by atoms with Crippen molar-refractivity contribution in [3.63, 3.8) is 0 Å². The maximum absolute atomic E-state index is 12.7. The molecule has 1 aromatic carbocycles. The molecule has 4 nitrogen and oxygen atoms in total. The van der Waals surface area contributed by atoms with E-state index in [-0.39, 0.29) is 24.1 Å². The van der Waals surface area contributed by atoms with Crippen LogP contribution < -0.4 is 0 Å². The second-order valence-corrected chi connectivity index (χ2v) is 6.75. The van der Waals surface area contributed by atoms with Crippen molar-refractivity contribution < 1.29 is 9.53 Å². The van der Waals surface area contributed by atoms with Crippen LogP contribution in [-0.2, 0) is 16.0 Å². The molecule has 3 rings (SSSR count). The smallest absolute Gasteiger partial charge is 0.223 e. The number of carbonyl (C=O) groups is 1. The minimum atomic E-state index is -0.0596. The van der Waals surface area contributed by atoms with Gasteiger partial charge < -0.3 is 9.64 Å². The monoisotopic (exact) mass is 330 g/mol. The Balaban J connectivity index is 1.70. The van der Waals surface area contributed by atoms with E-state index < -0.39 is 0 Å². The molecule has 1 saturated heterocycles. The number of hydrogen-bond acceptors (Lipinski definition) is 4. The predicted octanol–water partition coefficient (Wildman–Crippen LogP) is 3.45. The van der Waals surface area contributed by atoms with E-state index in [1.165, 1.54) is 0 Å². The average Bonchev–Trinajstić information content (AvgIpc) is 3.07. The Morgan fingerprint density at radius 1 is 1.35 bits per heavy atom. The third-order valence-corrected chi connectivity index (χ3v) is 5.00.